The van der Waals surface area contributed by atoms with Gasteiger partial charge < -0.3 is 4.74 Å². The standard InChI is InChI=1S/C7H10N2O2.ClH/c1-6(2)11-7(10)9-4-3-8-5-9;/h3-6H,1-2H3;1H. The highest BCUT2D eigenvalue weighted by atomic mass is 35.5. The van der Waals surface area contributed by atoms with E-state index in [0.29, 0.717) is 0 Å². The van der Waals surface area contributed by atoms with Crippen molar-refractivity contribution in [1.29, 1.82) is 0 Å². The number of carbonyl (C=O) groups excluding carboxylic acids is 1. The largest absolute Gasteiger partial charge is 0.446 e. The molecule has 0 aliphatic heterocycles. The molecule has 4 nitrogen and oxygen atoms in total. The minimum absolute atomic E-state index is 0. The van der Waals surface area contributed by atoms with Crippen molar-refractivity contribution in [2.75, 3.05) is 0 Å². The minimum atomic E-state index is -0.391. The van der Waals surface area contributed by atoms with Gasteiger partial charge in [0, 0.05) is 12.4 Å². The molecule has 12 heavy (non-hydrogen) atoms. The molecule has 0 aliphatic rings. The molecule has 1 rings (SSSR count). The maximum absolute atomic E-state index is 11.0. The number of hydrogen-bond donors (Lipinski definition) is 0. The zero-order valence-corrected chi connectivity index (χ0v) is 7.75. The first kappa shape index (κ1) is 11.0. The second-order valence-electron chi connectivity index (χ2n) is 2.40. The summed E-state index contributed by atoms with van der Waals surface area (Å²) < 4.78 is 6.17. The van der Waals surface area contributed by atoms with Gasteiger partial charge in [0.2, 0.25) is 0 Å². The number of carbonyl (C=O) groups is 1. The Kier molecular flexibility index (Phi) is 4.36. The summed E-state index contributed by atoms with van der Waals surface area (Å²) in [7, 11) is 0. The maximum atomic E-state index is 11.0. The molecule has 0 aromatic carbocycles. The van der Waals surface area contributed by atoms with Crippen LogP contribution in [0.1, 0.15) is 13.8 Å². The SMILES string of the molecule is CC(C)OC(=O)n1ccnc1.Cl. The lowest BCUT2D eigenvalue weighted by Gasteiger charge is -2.06. The Morgan fingerprint density at radius 1 is 1.58 bits per heavy atom. The third-order valence-corrected chi connectivity index (χ3v) is 1.05. The summed E-state index contributed by atoms with van der Waals surface area (Å²) in [6.45, 7) is 3.60. The average Bonchev–Trinajstić information content (AvgIpc) is 2.35. The van der Waals surface area contributed by atoms with Gasteiger partial charge in [-0.15, -0.1) is 12.4 Å². The van der Waals surface area contributed by atoms with Crippen LogP contribution in [0.5, 0.6) is 0 Å². The van der Waals surface area contributed by atoms with E-state index in [-0.39, 0.29) is 18.5 Å². The lowest BCUT2D eigenvalue weighted by Crippen LogP contribution is -2.16. The predicted octanol–water partition coefficient (Wildman–Crippen LogP) is 1.70. The fraction of sp³-hybridized carbons (Fsp3) is 0.429. The fourth-order valence-electron chi connectivity index (χ4n) is 0.630. The van der Waals surface area contributed by atoms with Crippen molar-refractivity contribution in [3.05, 3.63) is 18.7 Å². The molecular weight excluding hydrogens is 180 g/mol. The van der Waals surface area contributed by atoms with E-state index in [0.717, 1.165) is 0 Å². The molecule has 0 saturated heterocycles. The first-order valence-corrected chi connectivity index (χ1v) is 3.39. The second-order valence-corrected chi connectivity index (χ2v) is 2.40. The Labute approximate surface area is 77.0 Å². The minimum Gasteiger partial charge on any atom is -0.446 e. The molecule has 0 fully saturated rings. The summed E-state index contributed by atoms with van der Waals surface area (Å²) >= 11 is 0. The van der Waals surface area contributed by atoms with Crippen LogP contribution in [-0.4, -0.2) is 21.7 Å². The number of imidazole rings is 1. The number of rotatable bonds is 1. The number of hydrogen-bond acceptors (Lipinski definition) is 3. The van der Waals surface area contributed by atoms with Crippen LogP contribution in [0.15, 0.2) is 18.7 Å². The predicted molar refractivity (Wildman–Crippen MR) is 46.5 cm³/mol. The Morgan fingerprint density at radius 2 is 2.25 bits per heavy atom. The van der Waals surface area contributed by atoms with Crippen LogP contribution in [-0.2, 0) is 4.74 Å². The van der Waals surface area contributed by atoms with Gasteiger partial charge in [0.15, 0.2) is 0 Å². The van der Waals surface area contributed by atoms with Gasteiger partial charge in [0.05, 0.1) is 6.10 Å². The van der Waals surface area contributed by atoms with Gasteiger partial charge in [-0.05, 0) is 13.8 Å². The van der Waals surface area contributed by atoms with Crippen LogP contribution in [0.4, 0.5) is 4.79 Å². The number of ether oxygens (including phenoxy) is 1. The highest BCUT2D eigenvalue weighted by Crippen LogP contribution is 1.94. The second kappa shape index (κ2) is 4.77. The van der Waals surface area contributed by atoms with E-state index in [2.05, 4.69) is 4.98 Å². The molecule has 1 aromatic heterocycles. The molecule has 0 bridgehead atoms. The van der Waals surface area contributed by atoms with Crippen molar-refractivity contribution in [1.82, 2.24) is 9.55 Å². The fourth-order valence-corrected chi connectivity index (χ4v) is 0.630. The summed E-state index contributed by atoms with van der Waals surface area (Å²) in [5.74, 6) is 0. The van der Waals surface area contributed by atoms with Crippen LogP contribution in [0, 0.1) is 0 Å². The summed E-state index contributed by atoms with van der Waals surface area (Å²) in [6, 6.07) is 0. The third-order valence-electron chi connectivity index (χ3n) is 1.05. The monoisotopic (exact) mass is 190 g/mol. The maximum Gasteiger partial charge on any atom is 0.419 e. The van der Waals surface area contributed by atoms with Crippen LogP contribution < -0.4 is 0 Å². The lowest BCUT2D eigenvalue weighted by molar-refractivity contribution is 0.117. The van der Waals surface area contributed by atoms with Gasteiger partial charge >= 0.3 is 6.09 Å². The summed E-state index contributed by atoms with van der Waals surface area (Å²) in [5.41, 5.74) is 0. The quantitative estimate of drug-likeness (QED) is 0.677. The summed E-state index contributed by atoms with van der Waals surface area (Å²) in [5, 5.41) is 0. The highest BCUT2D eigenvalue weighted by molar-refractivity contribution is 5.85. The van der Waals surface area contributed by atoms with Gasteiger partial charge in [0.1, 0.15) is 6.33 Å². The Morgan fingerprint density at radius 3 is 2.67 bits per heavy atom. The van der Waals surface area contributed by atoms with E-state index in [1.165, 1.54) is 17.1 Å². The summed E-state index contributed by atoms with van der Waals surface area (Å²) in [6.07, 6.45) is 4.00. The number of nitrogens with zero attached hydrogens (tertiary/aromatic N) is 2. The normalized spacial score (nSPS) is 9.25. The smallest absolute Gasteiger partial charge is 0.419 e. The molecule has 1 heterocycles. The summed E-state index contributed by atoms with van der Waals surface area (Å²) in [4.78, 5) is 14.7. The van der Waals surface area contributed by atoms with Crippen molar-refractivity contribution >= 4 is 18.5 Å². The van der Waals surface area contributed by atoms with Crippen LogP contribution in [0.2, 0.25) is 0 Å². The third kappa shape index (κ3) is 2.92. The van der Waals surface area contributed by atoms with E-state index in [9.17, 15) is 4.79 Å². The van der Waals surface area contributed by atoms with Crippen molar-refractivity contribution in [3.63, 3.8) is 0 Å². The Bertz CT molecular complexity index is 234. The first-order valence-electron chi connectivity index (χ1n) is 3.39. The Hall–Kier alpha value is -1.03. The average molecular weight is 191 g/mol. The van der Waals surface area contributed by atoms with Gasteiger partial charge in [-0.2, -0.15) is 0 Å². The van der Waals surface area contributed by atoms with Crippen molar-refractivity contribution in [2.45, 2.75) is 20.0 Å². The van der Waals surface area contributed by atoms with E-state index in [1.54, 1.807) is 20.0 Å². The Balaban J connectivity index is 0.00000121. The van der Waals surface area contributed by atoms with E-state index in [4.69, 9.17) is 4.74 Å². The molecule has 0 amide bonds. The van der Waals surface area contributed by atoms with Crippen LogP contribution in [0.3, 0.4) is 0 Å². The molecule has 0 radical (unpaired) electrons. The van der Waals surface area contributed by atoms with E-state index in [1.807, 2.05) is 0 Å². The number of aromatic nitrogens is 2. The first-order chi connectivity index (χ1) is 5.20. The number of halogens is 1. The lowest BCUT2D eigenvalue weighted by atomic mass is 10.5. The molecule has 68 valence electrons. The van der Waals surface area contributed by atoms with Crippen molar-refractivity contribution in [3.8, 4) is 0 Å². The molecule has 0 aliphatic carbocycles. The molecule has 0 saturated carbocycles. The topological polar surface area (TPSA) is 44.1 Å². The molecule has 5 heteroatoms. The van der Waals surface area contributed by atoms with Crippen molar-refractivity contribution < 1.29 is 9.53 Å². The zero-order valence-electron chi connectivity index (χ0n) is 6.93. The van der Waals surface area contributed by atoms with E-state index >= 15 is 0 Å². The van der Waals surface area contributed by atoms with Gasteiger partial charge in [-0.25, -0.2) is 14.3 Å². The van der Waals surface area contributed by atoms with Crippen molar-refractivity contribution in [2.24, 2.45) is 0 Å². The van der Waals surface area contributed by atoms with Gasteiger partial charge in [-0.1, -0.05) is 0 Å². The molecule has 0 N–H and O–H groups in total. The van der Waals surface area contributed by atoms with Gasteiger partial charge in [-0.3, -0.25) is 0 Å². The molecule has 0 spiro atoms. The molecule has 1 aromatic rings. The highest BCUT2D eigenvalue weighted by Gasteiger charge is 2.05. The van der Waals surface area contributed by atoms with Gasteiger partial charge in [0.25, 0.3) is 0 Å². The van der Waals surface area contributed by atoms with Crippen LogP contribution in [0.25, 0.3) is 0 Å². The van der Waals surface area contributed by atoms with Crippen LogP contribution >= 0.6 is 12.4 Å². The molecule has 0 atom stereocenters. The molecular formula is C7H11ClN2O2. The zero-order chi connectivity index (χ0) is 8.27. The molecule has 0 unspecified atom stereocenters. The van der Waals surface area contributed by atoms with E-state index < -0.39 is 6.09 Å².